The van der Waals surface area contributed by atoms with E-state index in [0.717, 1.165) is 18.8 Å². The molecular weight excluding hydrogens is 463 g/mol. The van der Waals surface area contributed by atoms with Gasteiger partial charge >= 0.3 is 6.18 Å². The summed E-state index contributed by atoms with van der Waals surface area (Å²) in [5.41, 5.74) is 2.69. The summed E-state index contributed by atoms with van der Waals surface area (Å²) in [4.78, 5) is 20.9. The Balaban J connectivity index is 1.70. The molecule has 35 heavy (non-hydrogen) atoms. The highest BCUT2D eigenvalue weighted by atomic mass is 19.4. The van der Waals surface area contributed by atoms with Gasteiger partial charge in [-0.1, -0.05) is 0 Å². The third kappa shape index (κ3) is 5.35. The van der Waals surface area contributed by atoms with E-state index in [-0.39, 0.29) is 36.2 Å². The Hall–Kier alpha value is -3.32. The minimum Gasteiger partial charge on any atom is -0.395 e. The van der Waals surface area contributed by atoms with E-state index >= 15 is 0 Å². The van der Waals surface area contributed by atoms with Gasteiger partial charge in [0.25, 0.3) is 0 Å². The number of anilines is 1. The Morgan fingerprint density at radius 3 is 2.71 bits per heavy atom. The number of aliphatic hydroxyl groups excluding tert-OH is 1. The molecule has 4 heterocycles. The third-order valence-electron chi connectivity index (χ3n) is 6.28. The molecule has 0 aliphatic carbocycles. The average molecular weight is 492 g/mol. The highest BCUT2D eigenvalue weighted by Crippen LogP contribution is 2.29. The largest absolute Gasteiger partial charge is 0.434 e. The number of aromatic nitrogens is 5. The van der Waals surface area contributed by atoms with Gasteiger partial charge in [0, 0.05) is 50.2 Å². The minimum atomic E-state index is -4.59. The molecule has 2 N–H and O–H groups in total. The molecule has 0 radical (unpaired) electrons. The zero-order chi connectivity index (χ0) is 25.2. The van der Waals surface area contributed by atoms with Crippen molar-refractivity contribution in [3.05, 3.63) is 36.5 Å². The van der Waals surface area contributed by atoms with Crippen LogP contribution in [0.5, 0.6) is 0 Å². The molecule has 3 aromatic heterocycles. The van der Waals surface area contributed by atoms with Crippen LogP contribution in [0, 0.1) is 0 Å². The number of hydrogen-bond donors (Lipinski definition) is 2. The van der Waals surface area contributed by atoms with Gasteiger partial charge in [-0.15, -0.1) is 0 Å². The lowest BCUT2D eigenvalue weighted by molar-refractivity contribution is -0.141. The number of imidazole rings is 1. The first kappa shape index (κ1) is 24.8. The summed E-state index contributed by atoms with van der Waals surface area (Å²) in [5, 5.41) is 13.5. The highest BCUT2D eigenvalue weighted by Gasteiger charge is 2.33. The highest BCUT2D eigenvalue weighted by molar-refractivity contribution is 5.61. The molecule has 0 saturated heterocycles. The molecule has 4 rings (SSSR count). The van der Waals surface area contributed by atoms with Gasteiger partial charge in [0.05, 0.1) is 25.0 Å². The van der Waals surface area contributed by atoms with Gasteiger partial charge in [-0.2, -0.15) is 18.3 Å². The van der Waals surface area contributed by atoms with Crippen molar-refractivity contribution in [2.24, 2.45) is 5.10 Å². The molecule has 1 aliphatic rings. The summed E-state index contributed by atoms with van der Waals surface area (Å²) in [6.07, 6.45) is 3.01. The molecule has 3 aromatic rings. The first-order chi connectivity index (χ1) is 16.7. The molecule has 0 amide bonds. The second kappa shape index (κ2) is 10.1. The number of aliphatic hydroxyl groups is 1. The molecule has 3 atom stereocenters. The number of rotatable bonds is 9. The van der Waals surface area contributed by atoms with Crippen LogP contribution in [0.3, 0.4) is 0 Å². The number of likely N-dealkylation sites (N-methyl/N-ethyl adjacent to an activating group) is 1. The SMILES string of the molecule is CC(CN(c1ccnc(-c2cnc3cnc(C(F)(F)F)cn23)n1)C(C)[C@H]1CC=NN1)N(C)CCO. The van der Waals surface area contributed by atoms with Gasteiger partial charge in [0.1, 0.15) is 11.5 Å². The van der Waals surface area contributed by atoms with E-state index in [4.69, 9.17) is 4.98 Å². The van der Waals surface area contributed by atoms with Crippen molar-refractivity contribution in [2.45, 2.75) is 44.6 Å². The van der Waals surface area contributed by atoms with Crippen LogP contribution in [0.1, 0.15) is 26.0 Å². The summed E-state index contributed by atoms with van der Waals surface area (Å²) in [6, 6.07) is 1.93. The van der Waals surface area contributed by atoms with Crippen molar-refractivity contribution in [2.75, 3.05) is 31.6 Å². The summed E-state index contributed by atoms with van der Waals surface area (Å²) in [6.45, 7) is 5.31. The van der Waals surface area contributed by atoms with E-state index in [1.54, 1.807) is 12.3 Å². The first-order valence-corrected chi connectivity index (χ1v) is 11.3. The Bertz CT molecular complexity index is 1170. The topological polar surface area (TPSA) is 107 Å². The molecule has 0 saturated carbocycles. The van der Waals surface area contributed by atoms with Crippen LogP contribution < -0.4 is 10.3 Å². The molecule has 0 bridgehead atoms. The number of halogens is 3. The van der Waals surface area contributed by atoms with E-state index in [2.05, 4.69) is 49.1 Å². The molecule has 188 valence electrons. The van der Waals surface area contributed by atoms with Crippen LogP contribution in [0.4, 0.5) is 19.0 Å². The molecule has 0 fully saturated rings. The van der Waals surface area contributed by atoms with Crippen LogP contribution in [-0.2, 0) is 6.18 Å². The Morgan fingerprint density at radius 1 is 1.23 bits per heavy atom. The fraction of sp³-hybridized carbons (Fsp3) is 0.500. The average Bonchev–Trinajstić information content (AvgIpc) is 3.51. The first-order valence-electron chi connectivity index (χ1n) is 11.3. The minimum absolute atomic E-state index is 0.00607. The van der Waals surface area contributed by atoms with Gasteiger partial charge in [-0.25, -0.2) is 19.9 Å². The summed E-state index contributed by atoms with van der Waals surface area (Å²) in [5.74, 6) is 0.874. The fourth-order valence-corrected chi connectivity index (χ4v) is 3.99. The van der Waals surface area contributed by atoms with Crippen molar-refractivity contribution in [1.82, 2.24) is 34.7 Å². The van der Waals surface area contributed by atoms with Gasteiger partial charge < -0.3 is 15.4 Å². The van der Waals surface area contributed by atoms with Crippen LogP contribution in [-0.4, -0.2) is 85.4 Å². The fourth-order valence-electron chi connectivity index (χ4n) is 3.99. The molecular formula is C22H28F3N9O. The predicted octanol–water partition coefficient (Wildman–Crippen LogP) is 2.06. The van der Waals surface area contributed by atoms with E-state index in [0.29, 0.717) is 24.6 Å². The maximum absolute atomic E-state index is 13.2. The molecule has 13 heteroatoms. The standard InChI is InChI=1S/C22H28F3N9O/c1-14(32(3)8-9-35)12-33(15(2)16-4-7-29-31-16)19-5-6-26-21(30-19)17-10-28-20-11-27-18(13-34(17)20)22(23,24)25/h5-7,10-11,13-16,31,35H,4,8-9,12H2,1-3H3/t14?,15?,16-/m1/s1. The van der Waals surface area contributed by atoms with Crippen LogP contribution in [0.25, 0.3) is 17.2 Å². The number of hydrogen-bond acceptors (Lipinski definition) is 9. The van der Waals surface area contributed by atoms with Crippen LogP contribution in [0.2, 0.25) is 0 Å². The van der Waals surface area contributed by atoms with Crippen molar-refractivity contribution in [1.29, 1.82) is 0 Å². The normalized spacial score (nSPS) is 17.7. The van der Waals surface area contributed by atoms with E-state index < -0.39 is 11.9 Å². The third-order valence-corrected chi connectivity index (χ3v) is 6.28. The molecule has 0 spiro atoms. The molecule has 10 nitrogen and oxygen atoms in total. The molecule has 2 unspecified atom stereocenters. The van der Waals surface area contributed by atoms with E-state index in [1.165, 1.54) is 10.6 Å². The number of fused-ring (bicyclic) bond motifs is 1. The van der Waals surface area contributed by atoms with Crippen LogP contribution >= 0.6 is 0 Å². The quantitative estimate of drug-likeness (QED) is 0.469. The van der Waals surface area contributed by atoms with E-state index in [9.17, 15) is 18.3 Å². The van der Waals surface area contributed by atoms with Crippen molar-refractivity contribution in [3.63, 3.8) is 0 Å². The second-order valence-electron chi connectivity index (χ2n) is 8.61. The van der Waals surface area contributed by atoms with Gasteiger partial charge in [-0.3, -0.25) is 9.30 Å². The summed E-state index contributed by atoms with van der Waals surface area (Å²) >= 11 is 0. The van der Waals surface area contributed by atoms with Gasteiger partial charge in [-0.05, 0) is 27.0 Å². The number of nitrogens with one attached hydrogen (secondary N) is 1. The second-order valence-corrected chi connectivity index (χ2v) is 8.61. The molecule has 0 aromatic carbocycles. The maximum atomic E-state index is 13.2. The zero-order valence-electron chi connectivity index (χ0n) is 19.7. The summed E-state index contributed by atoms with van der Waals surface area (Å²) < 4.78 is 41.0. The van der Waals surface area contributed by atoms with Crippen LogP contribution in [0.15, 0.2) is 36.0 Å². The van der Waals surface area contributed by atoms with Crippen molar-refractivity contribution < 1.29 is 18.3 Å². The number of hydrazone groups is 1. The Morgan fingerprint density at radius 2 is 2.03 bits per heavy atom. The van der Waals surface area contributed by atoms with E-state index in [1.807, 2.05) is 13.3 Å². The lowest BCUT2D eigenvalue weighted by Crippen LogP contribution is -2.51. The van der Waals surface area contributed by atoms with Crippen molar-refractivity contribution in [3.8, 4) is 11.5 Å². The van der Waals surface area contributed by atoms with Gasteiger partial charge in [0.2, 0.25) is 0 Å². The molecule has 1 aliphatic heterocycles. The van der Waals surface area contributed by atoms with Crippen molar-refractivity contribution >= 4 is 17.7 Å². The monoisotopic (exact) mass is 491 g/mol. The number of alkyl halides is 3. The Labute approximate surface area is 200 Å². The maximum Gasteiger partial charge on any atom is 0.434 e. The number of nitrogens with zero attached hydrogens (tertiary/aromatic N) is 8. The zero-order valence-corrected chi connectivity index (χ0v) is 19.7. The smallest absolute Gasteiger partial charge is 0.395 e. The lowest BCUT2D eigenvalue weighted by atomic mass is 10.1. The lowest BCUT2D eigenvalue weighted by Gasteiger charge is -2.37. The van der Waals surface area contributed by atoms with Gasteiger partial charge in [0.15, 0.2) is 17.2 Å². The summed E-state index contributed by atoms with van der Waals surface area (Å²) in [7, 11) is 1.94. The Kier molecular flexibility index (Phi) is 7.17. The predicted molar refractivity (Wildman–Crippen MR) is 125 cm³/mol.